The summed E-state index contributed by atoms with van der Waals surface area (Å²) in [5, 5.41) is 13.9. The van der Waals surface area contributed by atoms with E-state index in [9.17, 15) is 23.3 Å². The van der Waals surface area contributed by atoms with Gasteiger partial charge in [-0.05, 0) is 36.0 Å². The summed E-state index contributed by atoms with van der Waals surface area (Å²) in [4.78, 5) is 23.2. The lowest BCUT2D eigenvalue weighted by molar-refractivity contribution is -0.384. The highest BCUT2D eigenvalue weighted by atomic mass is 32.2. The minimum Gasteiger partial charge on any atom is -0.348 e. The van der Waals surface area contributed by atoms with Crippen molar-refractivity contribution in [1.29, 1.82) is 0 Å². The molecule has 0 spiro atoms. The van der Waals surface area contributed by atoms with Crippen LogP contribution < -0.4 is 9.62 Å². The summed E-state index contributed by atoms with van der Waals surface area (Å²) in [5.74, 6) is -0.510. The molecule has 168 valence electrons. The summed E-state index contributed by atoms with van der Waals surface area (Å²) in [6.45, 7) is 9.31. The molecule has 2 rings (SSSR count). The number of non-ortho nitro benzene ring substituents is 1. The number of amides is 1. The molecule has 0 heterocycles. The van der Waals surface area contributed by atoms with Crippen molar-refractivity contribution in [1.82, 2.24) is 5.32 Å². The van der Waals surface area contributed by atoms with Gasteiger partial charge in [0.05, 0.1) is 22.9 Å². The Labute approximate surface area is 183 Å². The van der Waals surface area contributed by atoms with Crippen molar-refractivity contribution in [2.45, 2.75) is 46.1 Å². The molecule has 0 saturated heterocycles. The second-order valence-corrected chi connectivity index (χ2v) is 10.6. The minimum absolute atomic E-state index is 0.0111. The van der Waals surface area contributed by atoms with Crippen LogP contribution in [0.1, 0.15) is 50.4 Å². The van der Waals surface area contributed by atoms with Gasteiger partial charge in [0.1, 0.15) is 6.54 Å². The predicted molar refractivity (Wildman–Crippen MR) is 122 cm³/mol. The Morgan fingerprint density at radius 3 is 2.23 bits per heavy atom. The van der Waals surface area contributed by atoms with Gasteiger partial charge in [0, 0.05) is 12.1 Å². The fraction of sp³-hybridized carbons (Fsp3) is 0.409. The number of hydrogen-bond donors (Lipinski definition) is 1. The number of carbonyl (C=O) groups is 1. The van der Waals surface area contributed by atoms with E-state index in [0.717, 1.165) is 22.2 Å². The zero-order chi connectivity index (χ0) is 23.6. The Balaban J connectivity index is 2.22. The Kier molecular flexibility index (Phi) is 7.10. The van der Waals surface area contributed by atoms with Crippen molar-refractivity contribution in [3.8, 4) is 0 Å². The minimum atomic E-state index is -3.85. The Hall–Kier alpha value is -2.94. The van der Waals surface area contributed by atoms with E-state index in [2.05, 4.69) is 26.1 Å². The van der Waals surface area contributed by atoms with Gasteiger partial charge >= 0.3 is 0 Å². The molecule has 1 N–H and O–H groups in total. The first kappa shape index (κ1) is 24.3. The lowest BCUT2D eigenvalue weighted by Gasteiger charge is -2.25. The maximum atomic E-state index is 12.7. The SMILES string of the molecule is Cc1ccc([N+](=O)[O-])cc1N(CC(=O)N[C@H](C)c1ccc(C(C)(C)C)cc1)S(C)(=O)=O. The van der Waals surface area contributed by atoms with Gasteiger partial charge in [0.2, 0.25) is 15.9 Å². The van der Waals surface area contributed by atoms with Crippen molar-refractivity contribution in [3.05, 3.63) is 69.3 Å². The fourth-order valence-electron chi connectivity index (χ4n) is 3.13. The van der Waals surface area contributed by atoms with Crippen molar-refractivity contribution in [2.75, 3.05) is 17.1 Å². The summed E-state index contributed by atoms with van der Waals surface area (Å²) in [7, 11) is -3.85. The summed E-state index contributed by atoms with van der Waals surface area (Å²) in [6, 6.07) is 11.5. The molecule has 1 atom stereocenters. The number of sulfonamides is 1. The molecule has 0 radical (unpaired) electrons. The topological polar surface area (TPSA) is 110 Å². The fourth-order valence-corrected chi connectivity index (χ4v) is 4.04. The van der Waals surface area contributed by atoms with E-state index in [-0.39, 0.29) is 22.8 Å². The highest BCUT2D eigenvalue weighted by Gasteiger charge is 2.25. The molecule has 0 bridgehead atoms. The molecule has 2 aromatic rings. The van der Waals surface area contributed by atoms with E-state index in [1.165, 1.54) is 17.7 Å². The molecule has 9 heteroatoms. The standard InChI is InChI=1S/C22H29N3O5S/c1-15-7-12-19(25(27)28)13-20(15)24(31(6,29)30)14-21(26)23-16(2)17-8-10-18(11-9-17)22(3,4)5/h7-13,16H,14H2,1-6H3,(H,23,26)/t16-/m1/s1. The number of anilines is 1. The van der Waals surface area contributed by atoms with Crippen molar-refractivity contribution in [3.63, 3.8) is 0 Å². The maximum Gasteiger partial charge on any atom is 0.271 e. The normalized spacial score (nSPS) is 12.8. The molecule has 0 fully saturated rings. The second kappa shape index (κ2) is 9.05. The molecule has 31 heavy (non-hydrogen) atoms. The Bertz CT molecular complexity index is 1070. The monoisotopic (exact) mass is 447 g/mol. The lowest BCUT2D eigenvalue weighted by Crippen LogP contribution is -2.41. The largest absolute Gasteiger partial charge is 0.348 e. The first-order valence-corrected chi connectivity index (χ1v) is 11.7. The number of hydrogen-bond acceptors (Lipinski definition) is 5. The summed E-state index contributed by atoms with van der Waals surface area (Å²) in [5.41, 5.74) is 2.43. The summed E-state index contributed by atoms with van der Waals surface area (Å²) in [6.07, 6.45) is 0.965. The van der Waals surface area contributed by atoms with Gasteiger partial charge in [-0.2, -0.15) is 0 Å². The molecule has 0 aliphatic carbocycles. The predicted octanol–water partition coefficient (Wildman–Crippen LogP) is 3.84. The van der Waals surface area contributed by atoms with E-state index in [1.807, 2.05) is 31.2 Å². The molecule has 0 aliphatic rings. The van der Waals surface area contributed by atoms with E-state index in [0.29, 0.717) is 5.56 Å². The quantitative estimate of drug-likeness (QED) is 0.512. The number of benzene rings is 2. The van der Waals surface area contributed by atoms with Crippen LogP contribution in [0.4, 0.5) is 11.4 Å². The third-order valence-corrected chi connectivity index (χ3v) is 6.14. The van der Waals surface area contributed by atoms with Crippen molar-refractivity contribution in [2.24, 2.45) is 0 Å². The van der Waals surface area contributed by atoms with E-state index in [4.69, 9.17) is 0 Å². The molecular formula is C22H29N3O5S. The van der Waals surface area contributed by atoms with Gasteiger partial charge in [-0.25, -0.2) is 8.42 Å². The van der Waals surface area contributed by atoms with Crippen molar-refractivity contribution >= 4 is 27.3 Å². The van der Waals surface area contributed by atoms with E-state index < -0.39 is 27.4 Å². The van der Waals surface area contributed by atoms with Crippen LogP contribution in [0.15, 0.2) is 42.5 Å². The summed E-state index contributed by atoms with van der Waals surface area (Å²) < 4.78 is 25.6. The zero-order valence-corrected chi connectivity index (χ0v) is 19.5. The van der Waals surface area contributed by atoms with Gasteiger partial charge < -0.3 is 5.32 Å². The number of carbonyl (C=O) groups excluding carboxylic acids is 1. The smallest absolute Gasteiger partial charge is 0.271 e. The van der Waals surface area contributed by atoms with Gasteiger partial charge in [-0.15, -0.1) is 0 Å². The Morgan fingerprint density at radius 2 is 1.74 bits per heavy atom. The number of nitro groups is 1. The van der Waals surface area contributed by atoms with Gasteiger partial charge in [0.25, 0.3) is 5.69 Å². The highest BCUT2D eigenvalue weighted by molar-refractivity contribution is 7.92. The van der Waals surface area contributed by atoms with Crippen LogP contribution in [-0.2, 0) is 20.2 Å². The molecule has 0 saturated carbocycles. The van der Waals surface area contributed by atoms with Crippen LogP contribution in [-0.4, -0.2) is 32.0 Å². The number of rotatable bonds is 7. The zero-order valence-electron chi connectivity index (χ0n) is 18.7. The molecule has 0 unspecified atom stereocenters. The number of nitro benzene ring substituents is 1. The van der Waals surface area contributed by atoms with Gasteiger partial charge in [-0.1, -0.05) is 51.1 Å². The number of nitrogens with zero attached hydrogens (tertiary/aromatic N) is 2. The van der Waals surface area contributed by atoms with Crippen molar-refractivity contribution < 1.29 is 18.1 Å². The molecule has 0 aromatic heterocycles. The van der Waals surface area contributed by atoms with Crippen LogP contribution >= 0.6 is 0 Å². The number of aryl methyl sites for hydroxylation is 1. The molecule has 8 nitrogen and oxygen atoms in total. The van der Waals surface area contributed by atoms with E-state index in [1.54, 1.807) is 6.92 Å². The number of nitrogens with one attached hydrogen (secondary N) is 1. The second-order valence-electron chi connectivity index (χ2n) is 8.66. The highest BCUT2D eigenvalue weighted by Crippen LogP contribution is 2.28. The average Bonchev–Trinajstić information content (AvgIpc) is 2.65. The van der Waals surface area contributed by atoms with E-state index >= 15 is 0 Å². The van der Waals surface area contributed by atoms with Crippen LogP contribution in [0, 0.1) is 17.0 Å². The third kappa shape index (κ3) is 6.27. The first-order chi connectivity index (χ1) is 14.2. The molecule has 2 aromatic carbocycles. The van der Waals surface area contributed by atoms with Crippen LogP contribution in [0.25, 0.3) is 0 Å². The third-order valence-electron chi connectivity index (χ3n) is 5.01. The van der Waals surface area contributed by atoms with Gasteiger partial charge in [0.15, 0.2) is 0 Å². The van der Waals surface area contributed by atoms with Crippen LogP contribution in [0.2, 0.25) is 0 Å². The lowest BCUT2D eigenvalue weighted by atomic mass is 9.86. The maximum absolute atomic E-state index is 12.7. The molecular weight excluding hydrogens is 418 g/mol. The summed E-state index contributed by atoms with van der Waals surface area (Å²) >= 11 is 0. The first-order valence-electron chi connectivity index (χ1n) is 9.82. The molecule has 0 aliphatic heterocycles. The molecule has 1 amide bonds. The van der Waals surface area contributed by atoms with Crippen LogP contribution in [0.3, 0.4) is 0 Å². The Morgan fingerprint density at radius 1 is 1.16 bits per heavy atom. The van der Waals surface area contributed by atoms with Gasteiger partial charge in [-0.3, -0.25) is 19.2 Å². The van der Waals surface area contributed by atoms with Crippen LogP contribution in [0.5, 0.6) is 0 Å². The average molecular weight is 448 g/mol.